The van der Waals surface area contributed by atoms with Crippen LogP contribution in [0.2, 0.25) is 0 Å². The van der Waals surface area contributed by atoms with Gasteiger partial charge in [-0.05, 0) is 24.0 Å². The minimum Gasteiger partial charge on any atom is -0.378 e. The predicted molar refractivity (Wildman–Crippen MR) is 67.6 cm³/mol. The Morgan fingerprint density at radius 2 is 1.76 bits per heavy atom. The van der Waals surface area contributed by atoms with Crippen molar-refractivity contribution < 1.29 is 13.2 Å². The van der Waals surface area contributed by atoms with Crippen LogP contribution in [-0.2, 0) is 26.0 Å². The molecule has 0 N–H and O–H groups in total. The van der Waals surface area contributed by atoms with Gasteiger partial charge in [-0.2, -0.15) is 0 Å². The Labute approximate surface area is 106 Å². The number of benzene rings is 1. The Hall–Kier alpha value is -0.580. The van der Waals surface area contributed by atoms with Crippen molar-refractivity contribution in [3.8, 4) is 0 Å². The smallest absolute Gasteiger partial charge is 0.236 e. The van der Waals surface area contributed by atoms with Crippen molar-refractivity contribution in [1.82, 2.24) is 0 Å². The van der Waals surface area contributed by atoms with E-state index in [9.17, 15) is 8.42 Å². The van der Waals surface area contributed by atoms with Gasteiger partial charge in [0.25, 0.3) is 0 Å². The molecule has 1 aromatic rings. The molecule has 0 unspecified atom stereocenters. The molecule has 0 spiro atoms. The third-order valence-corrected chi connectivity index (χ3v) is 4.13. The number of hydrogen-bond acceptors (Lipinski definition) is 3. The van der Waals surface area contributed by atoms with Gasteiger partial charge < -0.3 is 4.74 Å². The summed E-state index contributed by atoms with van der Waals surface area (Å²) in [7, 11) is 3.47. The molecule has 5 heteroatoms. The van der Waals surface area contributed by atoms with E-state index in [2.05, 4.69) is 0 Å². The molecule has 0 atom stereocenters. The SMILES string of the molecule is COC1(Cc2ccc(CS(=O)(=O)Cl)cc2)CC1. The van der Waals surface area contributed by atoms with Crippen molar-refractivity contribution in [2.24, 2.45) is 0 Å². The molecule has 0 saturated heterocycles. The van der Waals surface area contributed by atoms with Gasteiger partial charge in [-0.3, -0.25) is 0 Å². The van der Waals surface area contributed by atoms with Crippen molar-refractivity contribution in [2.45, 2.75) is 30.6 Å². The first-order valence-electron chi connectivity index (χ1n) is 5.48. The zero-order valence-corrected chi connectivity index (χ0v) is 11.2. The quantitative estimate of drug-likeness (QED) is 0.775. The number of ether oxygens (including phenoxy) is 1. The van der Waals surface area contributed by atoms with Gasteiger partial charge in [0.05, 0.1) is 11.4 Å². The summed E-state index contributed by atoms with van der Waals surface area (Å²) < 4.78 is 27.3. The van der Waals surface area contributed by atoms with Gasteiger partial charge in [0.1, 0.15) is 0 Å². The fraction of sp³-hybridized carbons (Fsp3) is 0.500. The minimum atomic E-state index is -3.47. The lowest BCUT2D eigenvalue weighted by Crippen LogP contribution is -2.14. The van der Waals surface area contributed by atoms with E-state index in [-0.39, 0.29) is 11.4 Å². The molecule has 0 aliphatic heterocycles. The molecule has 2 rings (SSSR count). The summed E-state index contributed by atoms with van der Waals surface area (Å²) in [6.07, 6.45) is 3.08. The first kappa shape index (κ1) is 12.9. The molecular weight excluding hydrogens is 260 g/mol. The molecule has 1 saturated carbocycles. The lowest BCUT2D eigenvalue weighted by atomic mass is 10.1. The second-order valence-corrected chi connectivity index (χ2v) is 7.34. The van der Waals surface area contributed by atoms with Crippen LogP contribution < -0.4 is 0 Å². The van der Waals surface area contributed by atoms with Gasteiger partial charge in [0.15, 0.2) is 0 Å². The first-order chi connectivity index (χ1) is 7.92. The van der Waals surface area contributed by atoms with Gasteiger partial charge in [-0.15, -0.1) is 0 Å². The van der Waals surface area contributed by atoms with Crippen LogP contribution in [-0.4, -0.2) is 21.1 Å². The molecule has 1 fully saturated rings. The van der Waals surface area contributed by atoms with Crippen LogP contribution in [0, 0.1) is 0 Å². The Balaban J connectivity index is 2.03. The lowest BCUT2D eigenvalue weighted by Gasteiger charge is -2.13. The maximum Gasteiger partial charge on any atom is 0.236 e. The summed E-state index contributed by atoms with van der Waals surface area (Å²) >= 11 is 0. The molecule has 0 aromatic heterocycles. The average Bonchev–Trinajstić information content (AvgIpc) is 3.00. The van der Waals surface area contributed by atoms with Crippen LogP contribution in [0.1, 0.15) is 24.0 Å². The second-order valence-electron chi connectivity index (χ2n) is 4.56. The summed E-state index contributed by atoms with van der Waals surface area (Å²) in [5.74, 6) is -0.121. The van der Waals surface area contributed by atoms with Crippen LogP contribution in [0.5, 0.6) is 0 Å². The predicted octanol–water partition coefficient (Wildman–Crippen LogP) is 2.48. The zero-order chi connectivity index (χ0) is 12.5. The van der Waals surface area contributed by atoms with Crippen molar-refractivity contribution in [3.63, 3.8) is 0 Å². The van der Waals surface area contributed by atoms with Crippen LogP contribution in [0.4, 0.5) is 0 Å². The van der Waals surface area contributed by atoms with E-state index in [1.165, 1.54) is 5.56 Å². The topological polar surface area (TPSA) is 43.4 Å². The number of halogens is 1. The molecule has 0 bridgehead atoms. The number of rotatable bonds is 5. The summed E-state index contributed by atoms with van der Waals surface area (Å²) in [5, 5.41) is 0. The van der Waals surface area contributed by atoms with Gasteiger partial charge >= 0.3 is 0 Å². The largest absolute Gasteiger partial charge is 0.378 e. The molecule has 17 heavy (non-hydrogen) atoms. The Morgan fingerprint density at radius 3 is 2.18 bits per heavy atom. The first-order valence-corrected chi connectivity index (χ1v) is 7.96. The Bertz CT molecular complexity index is 489. The molecule has 0 heterocycles. The highest BCUT2D eigenvalue weighted by Crippen LogP contribution is 2.41. The van der Waals surface area contributed by atoms with E-state index in [0.717, 1.165) is 19.3 Å². The average molecular weight is 275 g/mol. The molecule has 1 aliphatic rings. The van der Waals surface area contributed by atoms with Gasteiger partial charge in [-0.25, -0.2) is 8.42 Å². The van der Waals surface area contributed by atoms with Gasteiger partial charge in [0.2, 0.25) is 9.05 Å². The zero-order valence-electron chi connectivity index (χ0n) is 9.65. The molecule has 3 nitrogen and oxygen atoms in total. The third-order valence-electron chi connectivity index (χ3n) is 3.13. The monoisotopic (exact) mass is 274 g/mol. The maximum absolute atomic E-state index is 10.9. The fourth-order valence-electron chi connectivity index (χ4n) is 1.92. The highest BCUT2D eigenvalue weighted by molar-refractivity contribution is 8.13. The van der Waals surface area contributed by atoms with Crippen LogP contribution in [0.25, 0.3) is 0 Å². The second kappa shape index (κ2) is 4.59. The molecule has 1 aliphatic carbocycles. The standard InChI is InChI=1S/C12H15ClO3S/c1-16-12(6-7-12)8-10-2-4-11(5-3-10)9-17(13,14)15/h2-5H,6-9H2,1H3. The van der Waals surface area contributed by atoms with E-state index in [4.69, 9.17) is 15.4 Å². The van der Waals surface area contributed by atoms with Crippen molar-refractivity contribution in [1.29, 1.82) is 0 Å². The Morgan fingerprint density at radius 1 is 1.24 bits per heavy atom. The fourth-order valence-corrected chi connectivity index (χ4v) is 2.89. The van der Waals surface area contributed by atoms with Crippen LogP contribution in [0.3, 0.4) is 0 Å². The van der Waals surface area contributed by atoms with Gasteiger partial charge in [-0.1, -0.05) is 24.3 Å². The highest BCUT2D eigenvalue weighted by Gasteiger charge is 2.42. The summed E-state index contributed by atoms with van der Waals surface area (Å²) in [4.78, 5) is 0. The molecule has 0 amide bonds. The van der Waals surface area contributed by atoms with Crippen molar-refractivity contribution >= 4 is 19.7 Å². The third kappa shape index (κ3) is 3.69. The van der Waals surface area contributed by atoms with Crippen molar-refractivity contribution in [2.75, 3.05) is 7.11 Å². The van der Waals surface area contributed by atoms with Crippen LogP contribution >= 0.6 is 10.7 Å². The normalized spacial score (nSPS) is 18.0. The minimum absolute atomic E-state index is 0.0279. The maximum atomic E-state index is 10.9. The van der Waals surface area contributed by atoms with E-state index >= 15 is 0 Å². The van der Waals surface area contributed by atoms with E-state index in [1.54, 1.807) is 19.2 Å². The van der Waals surface area contributed by atoms with E-state index < -0.39 is 9.05 Å². The molecule has 94 valence electrons. The summed E-state index contributed by atoms with van der Waals surface area (Å²) in [6.45, 7) is 0. The van der Waals surface area contributed by atoms with Gasteiger partial charge in [0, 0.05) is 24.2 Å². The number of hydrogen-bond donors (Lipinski definition) is 0. The number of methoxy groups -OCH3 is 1. The lowest BCUT2D eigenvalue weighted by molar-refractivity contribution is 0.0807. The molecule has 0 radical (unpaired) electrons. The van der Waals surface area contributed by atoms with E-state index in [1.807, 2.05) is 12.1 Å². The molecule has 1 aromatic carbocycles. The summed E-state index contributed by atoms with van der Waals surface area (Å²) in [6, 6.07) is 7.50. The summed E-state index contributed by atoms with van der Waals surface area (Å²) in [5.41, 5.74) is 1.91. The van der Waals surface area contributed by atoms with E-state index in [0.29, 0.717) is 5.56 Å². The Kier molecular flexibility index (Phi) is 3.48. The van der Waals surface area contributed by atoms with Crippen LogP contribution in [0.15, 0.2) is 24.3 Å². The highest BCUT2D eigenvalue weighted by atomic mass is 35.7. The van der Waals surface area contributed by atoms with Crippen molar-refractivity contribution in [3.05, 3.63) is 35.4 Å². The molecular formula is C12H15ClO3S.